The van der Waals surface area contributed by atoms with Crippen molar-refractivity contribution >= 4 is 22.5 Å². The maximum atomic E-state index is 13.7. The summed E-state index contributed by atoms with van der Waals surface area (Å²) in [5, 5.41) is 3.36. The summed E-state index contributed by atoms with van der Waals surface area (Å²) >= 11 is 0. The van der Waals surface area contributed by atoms with Crippen LogP contribution >= 0.6 is 0 Å². The van der Waals surface area contributed by atoms with Crippen LogP contribution in [0.4, 0.5) is 23.2 Å². The number of amides is 1. The zero-order valence-electron chi connectivity index (χ0n) is 18.5. The second-order valence-corrected chi connectivity index (χ2v) is 9.73. The Labute approximate surface area is 198 Å². The first kappa shape index (κ1) is 22.2. The molecule has 2 heterocycles. The van der Waals surface area contributed by atoms with Gasteiger partial charge in [0, 0.05) is 17.5 Å². The minimum Gasteiger partial charge on any atom is -0.490 e. The van der Waals surface area contributed by atoms with Crippen LogP contribution in [0.3, 0.4) is 0 Å². The lowest BCUT2D eigenvalue weighted by Crippen LogP contribution is -2.29. The van der Waals surface area contributed by atoms with Gasteiger partial charge in [-0.1, -0.05) is 0 Å². The van der Waals surface area contributed by atoms with E-state index in [1.165, 1.54) is 12.1 Å². The number of nitrogens with zero attached hydrogens (tertiary/aromatic N) is 3. The molecule has 0 spiro atoms. The molecule has 1 N–H and O–H groups in total. The third kappa shape index (κ3) is 4.30. The van der Waals surface area contributed by atoms with Gasteiger partial charge in [0.25, 0.3) is 0 Å². The smallest absolute Gasteiger partial charge is 0.451 e. The van der Waals surface area contributed by atoms with Crippen molar-refractivity contribution in [2.45, 2.75) is 38.0 Å². The summed E-state index contributed by atoms with van der Waals surface area (Å²) in [5.41, 5.74) is 0.833. The number of ether oxygens (including phenoxy) is 1. The van der Waals surface area contributed by atoms with Crippen LogP contribution in [0.5, 0.6) is 5.75 Å². The molecule has 35 heavy (non-hydrogen) atoms. The van der Waals surface area contributed by atoms with Crippen LogP contribution in [-0.2, 0) is 11.0 Å². The third-order valence-corrected chi connectivity index (χ3v) is 7.45. The first-order valence-electron chi connectivity index (χ1n) is 11.7. The van der Waals surface area contributed by atoms with Gasteiger partial charge in [-0.15, -0.1) is 0 Å². The number of carbonyl (C=O) groups excluding carboxylic acids is 1. The molecule has 2 aromatic heterocycles. The number of hydrogen-bond donors (Lipinski definition) is 1. The monoisotopic (exact) mass is 486 g/mol. The SMILES string of the molecule is O=C(Nc1cnc(C(F)(F)F)nc1)C(C1CC1)C1C2CC(Oc3ccnc4ccc(F)cc34)CC21. The van der Waals surface area contributed by atoms with Crippen molar-refractivity contribution in [3.63, 3.8) is 0 Å². The molecule has 6 nitrogen and oxygen atoms in total. The number of halogens is 4. The molecule has 1 amide bonds. The number of alkyl halides is 3. The molecule has 3 aliphatic carbocycles. The van der Waals surface area contributed by atoms with E-state index in [2.05, 4.69) is 20.3 Å². The van der Waals surface area contributed by atoms with E-state index in [-0.39, 0.29) is 35.4 Å². The molecule has 3 fully saturated rings. The first-order chi connectivity index (χ1) is 16.8. The molecule has 0 bridgehead atoms. The van der Waals surface area contributed by atoms with Gasteiger partial charge in [0.2, 0.25) is 11.7 Å². The molecule has 3 aliphatic rings. The van der Waals surface area contributed by atoms with E-state index in [0.717, 1.165) is 38.1 Å². The minimum absolute atomic E-state index is 0.0126. The molecule has 6 rings (SSSR count). The Morgan fingerprint density at radius 2 is 1.77 bits per heavy atom. The average molecular weight is 486 g/mol. The molecular formula is C25H22F4N4O2. The zero-order chi connectivity index (χ0) is 24.3. The zero-order valence-corrected chi connectivity index (χ0v) is 18.5. The maximum absolute atomic E-state index is 13.7. The lowest BCUT2D eigenvalue weighted by molar-refractivity contribution is -0.144. The van der Waals surface area contributed by atoms with E-state index < -0.39 is 12.0 Å². The van der Waals surface area contributed by atoms with Crippen LogP contribution < -0.4 is 10.1 Å². The van der Waals surface area contributed by atoms with Gasteiger partial charge in [0.05, 0.1) is 29.7 Å². The molecule has 3 unspecified atom stereocenters. The Bertz CT molecular complexity index is 1270. The Balaban J connectivity index is 1.10. The number of benzene rings is 1. The van der Waals surface area contributed by atoms with Gasteiger partial charge in [-0.25, -0.2) is 14.4 Å². The number of fused-ring (bicyclic) bond motifs is 2. The highest BCUT2D eigenvalue weighted by atomic mass is 19.4. The number of pyridine rings is 1. The Hall–Kier alpha value is -3.30. The predicted molar refractivity (Wildman–Crippen MR) is 118 cm³/mol. The van der Waals surface area contributed by atoms with Crippen LogP contribution in [-0.4, -0.2) is 27.0 Å². The molecule has 0 radical (unpaired) electrons. The molecule has 1 aromatic carbocycles. The lowest BCUT2D eigenvalue weighted by Gasteiger charge is -2.22. The number of carbonyl (C=O) groups is 1. The molecule has 0 saturated heterocycles. The molecule has 182 valence electrons. The van der Waals surface area contributed by atoms with Gasteiger partial charge in [0.15, 0.2) is 0 Å². The molecule has 3 saturated carbocycles. The highest BCUT2D eigenvalue weighted by Gasteiger charge is 2.63. The van der Waals surface area contributed by atoms with Gasteiger partial charge in [-0.3, -0.25) is 9.78 Å². The topological polar surface area (TPSA) is 77.0 Å². The lowest BCUT2D eigenvalue weighted by atomic mass is 9.91. The normalized spacial score (nSPS) is 26.3. The number of nitrogens with one attached hydrogen (secondary N) is 1. The quantitative estimate of drug-likeness (QED) is 0.482. The van der Waals surface area contributed by atoms with E-state index in [1.54, 1.807) is 18.3 Å². The van der Waals surface area contributed by atoms with E-state index in [4.69, 9.17) is 4.74 Å². The van der Waals surface area contributed by atoms with E-state index in [1.807, 2.05) is 0 Å². The van der Waals surface area contributed by atoms with E-state index in [9.17, 15) is 22.4 Å². The van der Waals surface area contributed by atoms with Crippen molar-refractivity contribution in [1.29, 1.82) is 0 Å². The summed E-state index contributed by atoms with van der Waals surface area (Å²) in [7, 11) is 0. The Kier molecular flexibility index (Phi) is 5.16. The Morgan fingerprint density at radius 3 is 2.43 bits per heavy atom. The Morgan fingerprint density at radius 1 is 1.06 bits per heavy atom. The van der Waals surface area contributed by atoms with Crippen molar-refractivity contribution in [1.82, 2.24) is 15.0 Å². The third-order valence-electron chi connectivity index (χ3n) is 7.45. The summed E-state index contributed by atoms with van der Waals surface area (Å²) in [6.45, 7) is 0. The largest absolute Gasteiger partial charge is 0.490 e. The molecule has 10 heteroatoms. The van der Waals surface area contributed by atoms with Crippen LogP contribution in [0, 0.1) is 35.4 Å². The fourth-order valence-corrected chi connectivity index (χ4v) is 5.77. The molecular weight excluding hydrogens is 464 g/mol. The maximum Gasteiger partial charge on any atom is 0.451 e. The van der Waals surface area contributed by atoms with Crippen molar-refractivity contribution in [2.75, 3.05) is 5.32 Å². The number of aromatic nitrogens is 3. The number of hydrogen-bond acceptors (Lipinski definition) is 5. The van der Waals surface area contributed by atoms with Crippen molar-refractivity contribution in [2.24, 2.45) is 29.6 Å². The second-order valence-electron chi connectivity index (χ2n) is 9.73. The summed E-state index contributed by atoms with van der Waals surface area (Å²) in [6, 6.07) is 6.17. The van der Waals surface area contributed by atoms with Crippen molar-refractivity contribution in [3.8, 4) is 5.75 Å². The second kappa shape index (κ2) is 8.13. The van der Waals surface area contributed by atoms with Crippen LogP contribution in [0.25, 0.3) is 10.9 Å². The molecule has 3 atom stereocenters. The van der Waals surface area contributed by atoms with Gasteiger partial charge in [0.1, 0.15) is 11.6 Å². The average Bonchev–Trinajstić information content (AvgIpc) is 3.72. The number of anilines is 1. The van der Waals surface area contributed by atoms with Crippen LogP contribution in [0.15, 0.2) is 42.9 Å². The van der Waals surface area contributed by atoms with Crippen LogP contribution in [0.2, 0.25) is 0 Å². The highest BCUT2D eigenvalue weighted by Crippen LogP contribution is 2.64. The number of rotatable bonds is 6. The summed E-state index contributed by atoms with van der Waals surface area (Å²) < 4.78 is 58.0. The summed E-state index contributed by atoms with van der Waals surface area (Å²) in [6.07, 6.45) is 2.59. The first-order valence-corrected chi connectivity index (χ1v) is 11.7. The molecule has 0 aliphatic heterocycles. The fourth-order valence-electron chi connectivity index (χ4n) is 5.77. The van der Waals surface area contributed by atoms with Gasteiger partial charge >= 0.3 is 6.18 Å². The van der Waals surface area contributed by atoms with E-state index in [0.29, 0.717) is 34.4 Å². The highest BCUT2D eigenvalue weighted by molar-refractivity contribution is 5.93. The van der Waals surface area contributed by atoms with Gasteiger partial charge in [-0.2, -0.15) is 13.2 Å². The molecule has 3 aromatic rings. The van der Waals surface area contributed by atoms with Gasteiger partial charge < -0.3 is 10.1 Å². The fraction of sp³-hybridized carbons (Fsp3) is 0.440. The van der Waals surface area contributed by atoms with Crippen molar-refractivity contribution in [3.05, 3.63) is 54.5 Å². The predicted octanol–water partition coefficient (Wildman–Crippen LogP) is 5.25. The van der Waals surface area contributed by atoms with E-state index >= 15 is 0 Å². The van der Waals surface area contributed by atoms with Crippen LogP contribution in [0.1, 0.15) is 31.5 Å². The summed E-state index contributed by atoms with van der Waals surface area (Å²) in [5.74, 6) is -0.0569. The summed E-state index contributed by atoms with van der Waals surface area (Å²) in [4.78, 5) is 24.0. The minimum atomic E-state index is -4.63. The van der Waals surface area contributed by atoms with Crippen molar-refractivity contribution < 1.29 is 27.1 Å². The van der Waals surface area contributed by atoms with Gasteiger partial charge in [-0.05, 0) is 73.6 Å². The standard InChI is InChI=1S/C25H22F4N4O2/c26-13-3-4-19-18(7-13)20(5-6-30-19)35-15-8-16-17(9-15)22(16)21(12-1-2-12)23(34)33-14-10-31-24(32-11-14)25(27,28)29/h3-7,10-12,15-17,21-22H,1-2,8-9H2,(H,33,34).